The zero-order chi connectivity index (χ0) is 20.2. The molecule has 4 rings (SSSR count). The molecule has 1 amide bonds. The lowest BCUT2D eigenvalue weighted by molar-refractivity contribution is -0.118. The number of benzene rings is 2. The second-order valence-electron chi connectivity index (χ2n) is 7.23. The zero-order valence-corrected chi connectivity index (χ0v) is 17.1. The summed E-state index contributed by atoms with van der Waals surface area (Å²) in [5, 5.41) is 12.3. The van der Waals surface area contributed by atoms with Crippen LogP contribution in [-0.4, -0.2) is 27.3 Å². The van der Waals surface area contributed by atoms with E-state index < -0.39 is 0 Å². The Balaban J connectivity index is 1.44. The Morgan fingerprint density at radius 2 is 2.07 bits per heavy atom. The van der Waals surface area contributed by atoms with Crippen molar-refractivity contribution < 1.29 is 9.53 Å². The SMILES string of the molecule is Cc1cc(Cl)ccc1OCC(=O)Nc1cccc(-c2nnc3n2CCCCC3)c1. The number of nitrogens with one attached hydrogen (secondary N) is 1. The lowest BCUT2D eigenvalue weighted by Crippen LogP contribution is -2.20. The fraction of sp³-hybridized carbons (Fsp3) is 0.318. The van der Waals surface area contributed by atoms with Crippen LogP contribution in [0.25, 0.3) is 11.4 Å². The van der Waals surface area contributed by atoms with Crippen molar-refractivity contribution in [2.75, 3.05) is 11.9 Å². The van der Waals surface area contributed by atoms with Gasteiger partial charge in [0.2, 0.25) is 0 Å². The molecule has 150 valence electrons. The summed E-state index contributed by atoms with van der Waals surface area (Å²) >= 11 is 5.95. The van der Waals surface area contributed by atoms with E-state index in [4.69, 9.17) is 16.3 Å². The topological polar surface area (TPSA) is 69.0 Å². The average Bonchev–Trinajstić information content (AvgIpc) is 2.96. The van der Waals surface area contributed by atoms with Gasteiger partial charge in [-0.25, -0.2) is 0 Å². The number of carbonyl (C=O) groups excluding carboxylic acids is 1. The highest BCUT2D eigenvalue weighted by Crippen LogP contribution is 2.25. The van der Waals surface area contributed by atoms with Crippen LogP contribution in [0, 0.1) is 6.92 Å². The van der Waals surface area contributed by atoms with Crippen LogP contribution in [0.2, 0.25) is 5.02 Å². The number of aromatic nitrogens is 3. The molecule has 2 aromatic carbocycles. The highest BCUT2D eigenvalue weighted by Gasteiger charge is 2.16. The average molecular weight is 411 g/mol. The number of fused-ring (bicyclic) bond motifs is 1. The summed E-state index contributed by atoms with van der Waals surface area (Å²) in [5.41, 5.74) is 2.53. The Kier molecular flexibility index (Phi) is 5.81. The van der Waals surface area contributed by atoms with Gasteiger partial charge in [0, 0.05) is 29.2 Å². The van der Waals surface area contributed by atoms with Crippen LogP contribution in [0.5, 0.6) is 5.75 Å². The first-order valence-corrected chi connectivity index (χ1v) is 10.2. The number of anilines is 1. The van der Waals surface area contributed by atoms with Gasteiger partial charge in [0.05, 0.1) is 0 Å². The molecule has 0 radical (unpaired) electrons. The van der Waals surface area contributed by atoms with E-state index in [0.717, 1.165) is 48.6 Å². The molecule has 1 N–H and O–H groups in total. The number of nitrogens with zero attached hydrogens (tertiary/aromatic N) is 3. The van der Waals surface area contributed by atoms with Crippen molar-refractivity contribution in [1.82, 2.24) is 14.8 Å². The van der Waals surface area contributed by atoms with Gasteiger partial charge in [0.1, 0.15) is 11.6 Å². The Morgan fingerprint density at radius 3 is 2.93 bits per heavy atom. The van der Waals surface area contributed by atoms with Gasteiger partial charge in [-0.05, 0) is 55.7 Å². The van der Waals surface area contributed by atoms with Crippen LogP contribution < -0.4 is 10.1 Å². The molecule has 1 aliphatic heterocycles. The van der Waals surface area contributed by atoms with Crippen LogP contribution in [0.1, 0.15) is 30.7 Å². The molecule has 29 heavy (non-hydrogen) atoms. The Labute approximate surface area is 174 Å². The molecule has 1 aliphatic rings. The first-order valence-electron chi connectivity index (χ1n) is 9.81. The quantitative estimate of drug-likeness (QED) is 0.664. The van der Waals surface area contributed by atoms with Gasteiger partial charge in [-0.2, -0.15) is 0 Å². The number of carbonyl (C=O) groups is 1. The van der Waals surface area contributed by atoms with E-state index in [1.54, 1.807) is 18.2 Å². The second-order valence-corrected chi connectivity index (χ2v) is 7.67. The third-order valence-corrected chi connectivity index (χ3v) is 5.24. The predicted molar refractivity (Wildman–Crippen MR) is 113 cm³/mol. The number of rotatable bonds is 5. The molecule has 2 heterocycles. The summed E-state index contributed by atoms with van der Waals surface area (Å²) < 4.78 is 7.81. The van der Waals surface area contributed by atoms with Crippen molar-refractivity contribution >= 4 is 23.2 Å². The lowest BCUT2D eigenvalue weighted by atomic mass is 10.2. The van der Waals surface area contributed by atoms with Crippen molar-refractivity contribution in [1.29, 1.82) is 0 Å². The smallest absolute Gasteiger partial charge is 0.262 e. The molecule has 7 heteroatoms. The molecule has 0 saturated carbocycles. The highest BCUT2D eigenvalue weighted by molar-refractivity contribution is 6.30. The summed E-state index contributed by atoms with van der Waals surface area (Å²) in [7, 11) is 0. The minimum Gasteiger partial charge on any atom is -0.483 e. The predicted octanol–water partition coefficient (Wildman–Crippen LogP) is 4.65. The third kappa shape index (κ3) is 4.59. The number of hydrogen-bond donors (Lipinski definition) is 1. The number of ether oxygens (including phenoxy) is 1. The summed E-state index contributed by atoms with van der Waals surface area (Å²) in [5.74, 6) is 2.31. The van der Waals surface area contributed by atoms with E-state index >= 15 is 0 Å². The zero-order valence-electron chi connectivity index (χ0n) is 16.3. The maximum absolute atomic E-state index is 12.3. The van der Waals surface area contributed by atoms with Crippen LogP contribution >= 0.6 is 11.6 Å². The largest absolute Gasteiger partial charge is 0.483 e. The number of hydrogen-bond acceptors (Lipinski definition) is 4. The summed E-state index contributed by atoms with van der Waals surface area (Å²) in [4.78, 5) is 12.3. The molecule has 0 saturated heterocycles. The van der Waals surface area contributed by atoms with E-state index in [9.17, 15) is 4.79 Å². The maximum Gasteiger partial charge on any atom is 0.262 e. The molecule has 1 aromatic heterocycles. The van der Waals surface area contributed by atoms with E-state index in [2.05, 4.69) is 20.1 Å². The van der Waals surface area contributed by atoms with Gasteiger partial charge in [0.15, 0.2) is 12.4 Å². The van der Waals surface area contributed by atoms with Gasteiger partial charge in [-0.1, -0.05) is 30.2 Å². The Bertz CT molecular complexity index is 1030. The first kappa shape index (κ1) is 19.5. The summed E-state index contributed by atoms with van der Waals surface area (Å²) in [6.07, 6.45) is 4.47. The van der Waals surface area contributed by atoms with Gasteiger partial charge >= 0.3 is 0 Å². The number of aryl methyl sites for hydroxylation is 2. The van der Waals surface area contributed by atoms with Crippen molar-refractivity contribution in [2.45, 2.75) is 39.2 Å². The van der Waals surface area contributed by atoms with Crippen molar-refractivity contribution in [3.8, 4) is 17.1 Å². The van der Waals surface area contributed by atoms with Gasteiger partial charge < -0.3 is 14.6 Å². The molecule has 3 aromatic rings. The third-order valence-electron chi connectivity index (χ3n) is 5.01. The van der Waals surface area contributed by atoms with Crippen LogP contribution in [0.3, 0.4) is 0 Å². The minimum atomic E-state index is -0.225. The highest BCUT2D eigenvalue weighted by atomic mass is 35.5. The lowest BCUT2D eigenvalue weighted by Gasteiger charge is -2.11. The normalized spacial score (nSPS) is 13.4. The molecular weight excluding hydrogens is 388 g/mol. The van der Waals surface area contributed by atoms with E-state index in [-0.39, 0.29) is 12.5 Å². The monoisotopic (exact) mass is 410 g/mol. The molecule has 0 atom stereocenters. The molecule has 6 nitrogen and oxygen atoms in total. The van der Waals surface area contributed by atoms with Crippen molar-refractivity contribution in [3.63, 3.8) is 0 Å². The molecule has 0 unspecified atom stereocenters. The molecule has 0 spiro atoms. The summed E-state index contributed by atoms with van der Waals surface area (Å²) in [6.45, 7) is 2.75. The summed E-state index contributed by atoms with van der Waals surface area (Å²) in [6, 6.07) is 13.0. The molecule has 0 fully saturated rings. The van der Waals surface area contributed by atoms with Crippen LogP contribution in [0.15, 0.2) is 42.5 Å². The fourth-order valence-corrected chi connectivity index (χ4v) is 3.78. The number of halogens is 1. The van der Waals surface area contributed by atoms with E-state index in [0.29, 0.717) is 16.5 Å². The van der Waals surface area contributed by atoms with Gasteiger partial charge in [-0.3, -0.25) is 4.79 Å². The standard InChI is InChI=1S/C22H23ClN4O2/c1-15-12-17(23)9-10-19(15)29-14-21(28)24-18-7-5-6-16(13-18)22-26-25-20-8-3-2-4-11-27(20)22/h5-7,9-10,12-13H,2-4,8,11,14H2,1H3,(H,24,28). The van der Waals surface area contributed by atoms with Crippen LogP contribution in [0.4, 0.5) is 5.69 Å². The Morgan fingerprint density at radius 1 is 1.17 bits per heavy atom. The van der Waals surface area contributed by atoms with Crippen molar-refractivity contribution in [3.05, 3.63) is 58.9 Å². The first-order chi connectivity index (χ1) is 14.1. The minimum absolute atomic E-state index is 0.0764. The van der Waals surface area contributed by atoms with Crippen molar-refractivity contribution in [2.24, 2.45) is 0 Å². The van der Waals surface area contributed by atoms with E-state index in [1.807, 2.05) is 31.2 Å². The molecular formula is C22H23ClN4O2. The van der Waals surface area contributed by atoms with E-state index in [1.165, 1.54) is 6.42 Å². The fourth-order valence-electron chi connectivity index (χ4n) is 3.55. The number of amides is 1. The van der Waals surface area contributed by atoms with Gasteiger partial charge in [0.25, 0.3) is 5.91 Å². The maximum atomic E-state index is 12.3. The molecule has 0 bridgehead atoms. The second kappa shape index (κ2) is 8.66. The van der Waals surface area contributed by atoms with Gasteiger partial charge in [-0.15, -0.1) is 10.2 Å². The molecule has 0 aliphatic carbocycles. The Hall–Kier alpha value is -2.86. The van der Waals surface area contributed by atoms with Crippen LogP contribution in [-0.2, 0) is 17.8 Å².